The van der Waals surface area contributed by atoms with Gasteiger partial charge in [-0.1, -0.05) is 30.7 Å². The molecule has 3 N–H and O–H groups in total. The van der Waals surface area contributed by atoms with Crippen LogP contribution < -0.4 is 9.46 Å². The highest BCUT2D eigenvalue weighted by Crippen LogP contribution is 2.30. The minimum absolute atomic E-state index is 0.0193. The average Bonchev–Trinajstić information content (AvgIpc) is 3.06. The molecule has 13 heteroatoms. The number of anilines is 1. The zero-order chi connectivity index (χ0) is 35.7. The summed E-state index contributed by atoms with van der Waals surface area (Å²) in [6.07, 6.45) is 1.86. The van der Waals surface area contributed by atoms with Crippen LogP contribution in [0.2, 0.25) is 5.02 Å². The van der Waals surface area contributed by atoms with E-state index in [1.807, 2.05) is 20.9 Å². The highest BCUT2D eigenvalue weighted by atomic mass is 35.5. The summed E-state index contributed by atoms with van der Waals surface area (Å²) in [5.74, 6) is -1.22. The number of likely N-dealkylation sites (N-methyl/N-ethyl adjacent to an activating group) is 1. The van der Waals surface area contributed by atoms with E-state index < -0.39 is 27.9 Å². The SMILES string of the molecule is C[C@@H]1CN([C@H](C)CO)C(=O)c2cc(NS(=O)(=O)c3ccc(Cl)cc3)ccc2O[C@@H](C)CCCCO[C@@H]1CN(C)Cc1ccc(C(=O)O)cc1. The van der Waals surface area contributed by atoms with Crippen molar-refractivity contribution < 1.29 is 37.7 Å². The first kappa shape index (κ1) is 38.1. The lowest BCUT2D eigenvalue weighted by Crippen LogP contribution is -2.47. The van der Waals surface area contributed by atoms with E-state index in [4.69, 9.17) is 21.1 Å². The highest BCUT2D eigenvalue weighted by molar-refractivity contribution is 7.92. The molecule has 11 nitrogen and oxygen atoms in total. The summed E-state index contributed by atoms with van der Waals surface area (Å²) in [7, 11) is -2.02. The van der Waals surface area contributed by atoms with Crippen LogP contribution in [0.15, 0.2) is 71.6 Å². The van der Waals surface area contributed by atoms with Gasteiger partial charge in [-0.15, -0.1) is 0 Å². The number of aliphatic hydroxyl groups excluding tert-OH is 1. The summed E-state index contributed by atoms with van der Waals surface area (Å²) < 4.78 is 41.6. The summed E-state index contributed by atoms with van der Waals surface area (Å²) in [6, 6.07) is 16.6. The zero-order valence-corrected chi connectivity index (χ0v) is 29.9. The molecular weight excluding hydrogens is 670 g/mol. The monoisotopic (exact) mass is 715 g/mol. The van der Waals surface area contributed by atoms with Crippen LogP contribution in [0.1, 0.15) is 66.3 Å². The smallest absolute Gasteiger partial charge is 0.335 e. The molecule has 0 unspecified atom stereocenters. The van der Waals surface area contributed by atoms with Gasteiger partial charge in [-0.25, -0.2) is 13.2 Å². The first-order valence-electron chi connectivity index (χ1n) is 16.4. The van der Waals surface area contributed by atoms with Gasteiger partial charge in [-0.2, -0.15) is 0 Å². The van der Waals surface area contributed by atoms with Gasteiger partial charge in [0.1, 0.15) is 5.75 Å². The van der Waals surface area contributed by atoms with Gasteiger partial charge in [-0.3, -0.25) is 14.4 Å². The number of nitrogens with zero attached hydrogens (tertiary/aromatic N) is 2. The van der Waals surface area contributed by atoms with Crippen LogP contribution in [-0.2, 0) is 21.3 Å². The van der Waals surface area contributed by atoms with Crippen molar-refractivity contribution in [3.63, 3.8) is 0 Å². The molecular formula is C36H46ClN3O8S. The van der Waals surface area contributed by atoms with Crippen LogP contribution >= 0.6 is 11.6 Å². The molecule has 0 saturated carbocycles. The van der Waals surface area contributed by atoms with Crippen LogP contribution in [0.3, 0.4) is 0 Å². The summed E-state index contributed by atoms with van der Waals surface area (Å²) in [5, 5.41) is 19.9. The maximum atomic E-state index is 14.4. The largest absolute Gasteiger partial charge is 0.490 e. The Hall–Kier alpha value is -3.68. The third kappa shape index (κ3) is 10.7. The Morgan fingerprint density at radius 1 is 1.08 bits per heavy atom. The molecule has 0 spiro atoms. The quantitative estimate of drug-likeness (QED) is 0.238. The maximum absolute atomic E-state index is 14.4. The second kappa shape index (κ2) is 17.3. The minimum atomic E-state index is -3.99. The third-order valence-electron chi connectivity index (χ3n) is 8.57. The number of carbonyl (C=O) groups is 2. The topological polar surface area (TPSA) is 146 Å². The summed E-state index contributed by atoms with van der Waals surface area (Å²) in [4.78, 5) is 29.4. The number of ether oxygens (including phenoxy) is 2. The van der Waals surface area contributed by atoms with E-state index in [-0.39, 0.29) is 53.0 Å². The van der Waals surface area contributed by atoms with E-state index in [0.29, 0.717) is 36.9 Å². The molecule has 0 aromatic heterocycles. The molecule has 1 heterocycles. The third-order valence-corrected chi connectivity index (χ3v) is 10.2. The van der Waals surface area contributed by atoms with Crippen molar-refractivity contribution in [3.05, 3.63) is 88.4 Å². The van der Waals surface area contributed by atoms with Crippen molar-refractivity contribution in [2.45, 2.75) is 69.7 Å². The van der Waals surface area contributed by atoms with Crippen molar-refractivity contribution in [1.29, 1.82) is 0 Å². The number of halogens is 1. The fourth-order valence-electron chi connectivity index (χ4n) is 5.71. The number of benzene rings is 3. The fraction of sp³-hybridized carbons (Fsp3) is 0.444. The number of carboxylic acid groups (broad SMARTS) is 1. The number of fused-ring (bicyclic) bond motifs is 1. The van der Waals surface area contributed by atoms with Crippen LogP contribution in [0.4, 0.5) is 5.69 Å². The van der Waals surface area contributed by atoms with E-state index >= 15 is 0 Å². The number of sulfonamides is 1. The molecule has 0 bridgehead atoms. The molecule has 0 saturated heterocycles. The number of hydrogen-bond acceptors (Lipinski definition) is 8. The van der Waals surface area contributed by atoms with Gasteiger partial charge in [0.2, 0.25) is 0 Å². The molecule has 1 amide bonds. The Kier molecular flexibility index (Phi) is 13.5. The molecule has 1 aliphatic heterocycles. The van der Waals surface area contributed by atoms with Crippen LogP contribution in [0.25, 0.3) is 0 Å². The van der Waals surface area contributed by atoms with E-state index in [9.17, 15) is 28.2 Å². The number of amides is 1. The summed E-state index contributed by atoms with van der Waals surface area (Å²) in [6.45, 7) is 7.30. The number of hydrogen-bond donors (Lipinski definition) is 3. The molecule has 0 aliphatic carbocycles. The van der Waals surface area contributed by atoms with Gasteiger partial charge < -0.3 is 24.6 Å². The zero-order valence-electron chi connectivity index (χ0n) is 28.3. The normalized spacial score (nSPS) is 20.2. The number of aliphatic hydroxyl groups is 1. The van der Waals surface area contributed by atoms with Gasteiger partial charge in [-0.05, 0) is 100 Å². The van der Waals surface area contributed by atoms with Crippen LogP contribution in [-0.4, -0.2) is 91.9 Å². The van der Waals surface area contributed by atoms with Crippen molar-refractivity contribution in [3.8, 4) is 5.75 Å². The molecule has 0 fully saturated rings. The van der Waals surface area contributed by atoms with Gasteiger partial charge in [0.15, 0.2) is 0 Å². The van der Waals surface area contributed by atoms with Crippen molar-refractivity contribution in [2.24, 2.45) is 5.92 Å². The van der Waals surface area contributed by atoms with E-state index in [2.05, 4.69) is 9.62 Å². The molecule has 266 valence electrons. The predicted molar refractivity (Wildman–Crippen MR) is 189 cm³/mol. The van der Waals surface area contributed by atoms with E-state index in [1.165, 1.54) is 30.3 Å². The van der Waals surface area contributed by atoms with Crippen LogP contribution in [0.5, 0.6) is 5.75 Å². The lowest BCUT2D eigenvalue weighted by molar-refractivity contribution is -0.0177. The number of carbonyl (C=O) groups excluding carboxylic acids is 1. The second-order valence-corrected chi connectivity index (χ2v) is 14.9. The fourth-order valence-corrected chi connectivity index (χ4v) is 6.89. The maximum Gasteiger partial charge on any atom is 0.335 e. The number of carboxylic acids is 1. The minimum Gasteiger partial charge on any atom is -0.490 e. The van der Waals surface area contributed by atoms with Crippen molar-refractivity contribution in [2.75, 3.05) is 38.1 Å². The Morgan fingerprint density at radius 2 is 1.78 bits per heavy atom. The summed E-state index contributed by atoms with van der Waals surface area (Å²) in [5.41, 5.74) is 1.54. The Balaban J connectivity index is 1.62. The first-order valence-corrected chi connectivity index (χ1v) is 18.3. The Bertz CT molecular complexity index is 1670. The van der Waals surface area contributed by atoms with Crippen LogP contribution in [0, 0.1) is 5.92 Å². The van der Waals surface area contributed by atoms with Gasteiger partial charge in [0, 0.05) is 42.9 Å². The highest BCUT2D eigenvalue weighted by Gasteiger charge is 2.31. The lowest BCUT2D eigenvalue weighted by atomic mass is 10.0. The number of rotatable bonds is 10. The molecule has 4 atom stereocenters. The van der Waals surface area contributed by atoms with E-state index in [0.717, 1.165) is 18.4 Å². The van der Waals surface area contributed by atoms with Gasteiger partial charge in [0.25, 0.3) is 15.9 Å². The standard InChI is InChI=1S/C36H46ClN3O8S/c1-24-20-40(25(2)23-41)35(42)32-19-30(38-49(45,46)31-15-12-29(37)13-16-31)14-17-33(32)48-26(3)7-5-6-18-47-34(24)22-39(4)21-27-8-10-28(11-9-27)36(43)44/h8-17,19,24-26,34,38,41H,5-7,18,20-23H2,1-4H3,(H,43,44)/t24-,25-,26+,34-/m1/s1. The van der Waals surface area contributed by atoms with E-state index in [1.54, 1.807) is 48.2 Å². The predicted octanol–water partition coefficient (Wildman–Crippen LogP) is 5.77. The molecule has 3 aromatic carbocycles. The van der Waals surface area contributed by atoms with Crippen molar-refractivity contribution in [1.82, 2.24) is 9.80 Å². The lowest BCUT2D eigenvalue weighted by Gasteiger charge is -2.36. The second-order valence-electron chi connectivity index (χ2n) is 12.8. The molecule has 3 aromatic rings. The van der Waals surface area contributed by atoms with Gasteiger partial charge in [0.05, 0.1) is 40.9 Å². The molecule has 1 aliphatic rings. The first-order chi connectivity index (χ1) is 23.3. The number of aromatic carboxylic acids is 1. The molecule has 49 heavy (non-hydrogen) atoms. The molecule has 4 rings (SSSR count). The average molecular weight is 716 g/mol. The van der Waals surface area contributed by atoms with Gasteiger partial charge >= 0.3 is 5.97 Å². The Morgan fingerprint density at radius 3 is 2.43 bits per heavy atom. The number of nitrogens with one attached hydrogen (secondary N) is 1. The van der Waals surface area contributed by atoms with Crippen molar-refractivity contribution >= 4 is 39.2 Å². The Labute approximate surface area is 293 Å². The molecule has 0 radical (unpaired) electrons. The summed E-state index contributed by atoms with van der Waals surface area (Å²) >= 11 is 5.95.